The molecule has 0 fully saturated rings. The Morgan fingerprint density at radius 2 is 1.12 bits per heavy atom. The molecule has 0 atom stereocenters. The summed E-state index contributed by atoms with van der Waals surface area (Å²) < 4.78 is -0.295. The van der Waals surface area contributed by atoms with Crippen LogP contribution in [0, 0.1) is 0 Å². The SMILES string of the molecule is CCCCCCCCCCCCCC[N+](C)(C)C(Cl)(Cl)c1ccccc1. The standard InChI is InChI=1S/C23H40Cl2N/c1-4-5-6-7-8-9-10-11-12-13-14-18-21-26(2,3)23(24,25)22-19-16-15-17-20-22/h15-17,19-20H,4-14,18,21H2,1-3H3/q+1. The minimum absolute atomic E-state index is 0.595. The Kier molecular flexibility index (Phi) is 11.9. The predicted molar refractivity (Wildman–Crippen MR) is 118 cm³/mol. The predicted octanol–water partition coefficient (Wildman–Crippen LogP) is 8.05. The molecular weight excluding hydrogens is 361 g/mol. The number of quaternary nitrogens is 1. The third kappa shape index (κ3) is 8.63. The third-order valence-corrected chi connectivity index (χ3v) is 6.80. The van der Waals surface area contributed by atoms with E-state index < -0.39 is 4.46 Å². The summed E-state index contributed by atoms with van der Waals surface area (Å²) in [6.45, 7) is 3.28. The van der Waals surface area contributed by atoms with Crippen molar-refractivity contribution in [3.8, 4) is 0 Å². The fourth-order valence-electron chi connectivity index (χ4n) is 3.48. The summed E-state index contributed by atoms with van der Waals surface area (Å²) in [5.41, 5.74) is 0.979. The largest absolute Gasteiger partial charge is 0.294 e. The van der Waals surface area contributed by atoms with E-state index in [1.807, 2.05) is 30.3 Å². The van der Waals surface area contributed by atoms with E-state index in [4.69, 9.17) is 23.2 Å². The third-order valence-electron chi connectivity index (χ3n) is 5.45. The molecule has 150 valence electrons. The Bertz CT molecular complexity index is 457. The Labute approximate surface area is 172 Å². The number of hydrogen-bond donors (Lipinski definition) is 0. The Morgan fingerprint density at radius 1 is 0.692 bits per heavy atom. The molecule has 1 aromatic carbocycles. The van der Waals surface area contributed by atoms with Crippen LogP contribution < -0.4 is 0 Å². The maximum absolute atomic E-state index is 6.73. The second-order valence-corrected chi connectivity index (χ2v) is 9.49. The van der Waals surface area contributed by atoms with Crippen molar-refractivity contribution in [1.82, 2.24) is 0 Å². The van der Waals surface area contributed by atoms with Gasteiger partial charge in [-0.1, -0.05) is 89.3 Å². The van der Waals surface area contributed by atoms with Crippen LogP contribution >= 0.6 is 23.2 Å². The minimum Gasteiger partial charge on any atom is -0.294 e. The molecular formula is C23H40Cl2N+. The van der Waals surface area contributed by atoms with Crippen molar-refractivity contribution in [3.63, 3.8) is 0 Å². The van der Waals surface area contributed by atoms with Crippen LogP contribution in [0.4, 0.5) is 0 Å². The van der Waals surface area contributed by atoms with Crippen LogP contribution in [-0.4, -0.2) is 25.1 Å². The molecule has 0 radical (unpaired) electrons. The van der Waals surface area contributed by atoms with E-state index in [1.165, 1.54) is 77.0 Å². The zero-order chi connectivity index (χ0) is 19.3. The molecule has 3 heteroatoms. The molecule has 1 rings (SSSR count). The van der Waals surface area contributed by atoms with Crippen molar-refractivity contribution >= 4 is 23.2 Å². The van der Waals surface area contributed by atoms with Gasteiger partial charge in [0.1, 0.15) is 0 Å². The fraction of sp³-hybridized carbons (Fsp3) is 0.739. The molecule has 0 bridgehead atoms. The molecule has 26 heavy (non-hydrogen) atoms. The van der Waals surface area contributed by atoms with Gasteiger partial charge in [-0.3, -0.25) is 4.48 Å². The van der Waals surface area contributed by atoms with Gasteiger partial charge in [-0.05, 0) is 48.2 Å². The van der Waals surface area contributed by atoms with Crippen LogP contribution in [0.2, 0.25) is 0 Å². The van der Waals surface area contributed by atoms with E-state index in [9.17, 15) is 0 Å². The Hall–Kier alpha value is -0.240. The summed E-state index contributed by atoms with van der Waals surface area (Å²) in [5.74, 6) is 0. The zero-order valence-corrected chi connectivity index (χ0v) is 18.8. The first-order chi connectivity index (χ1) is 12.4. The van der Waals surface area contributed by atoms with E-state index in [0.29, 0.717) is 4.48 Å². The number of rotatable bonds is 15. The molecule has 0 saturated carbocycles. The van der Waals surface area contributed by atoms with E-state index in [2.05, 4.69) is 21.0 Å². The highest BCUT2D eigenvalue weighted by Crippen LogP contribution is 2.41. The fourth-order valence-corrected chi connectivity index (χ4v) is 3.90. The quantitative estimate of drug-likeness (QED) is 0.121. The van der Waals surface area contributed by atoms with Crippen molar-refractivity contribution in [3.05, 3.63) is 35.9 Å². The summed E-state index contributed by atoms with van der Waals surface area (Å²) in [5, 5.41) is 0. The first kappa shape index (κ1) is 23.8. The van der Waals surface area contributed by atoms with Gasteiger partial charge >= 0.3 is 0 Å². The number of alkyl halides is 2. The molecule has 1 nitrogen and oxygen atoms in total. The van der Waals surface area contributed by atoms with E-state index in [-0.39, 0.29) is 0 Å². The second-order valence-electron chi connectivity index (χ2n) is 8.20. The van der Waals surface area contributed by atoms with Gasteiger partial charge < -0.3 is 0 Å². The number of halogens is 2. The van der Waals surface area contributed by atoms with E-state index in [1.54, 1.807) is 0 Å². The molecule has 0 amide bonds. The van der Waals surface area contributed by atoms with Crippen LogP contribution in [-0.2, 0) is 4.46 Å². The molecule has 0 unspecified atom stereocenters. The minimum atomic E-state index is -0.890. The molecule has 0 aliphatic rings. The van der Waals surface area contributed by atoms with Crippen LogP contribution in [0.1, 0.15) is 89.5 Å². The van der Waals surface area contributed by atoms with Gasteiger partial charge in [-0.15, -0.1) is 0 Å². The molecule has 1 aromatic rings. The number of benzene rings is 1. The van der Waals surface area contributed by atoms with Crippen LogP contribution in [0.25, 0.3) is 0 Å². The molecule has 0 aliphatic heterocycles. The normalized spacial score (nSPS) is 12.5. The Morgan fingerprint density at radius 3 is 1.58 bits per heavy atom. The summed E-state index contributed by atoms with van der Waals surface area (Å²) in [4.78, 5) is 0. The van der Waals surface area contributed by atoms with E-state index >= 15 is 0 Å². The van der Waals surface area contributed by atoms with Crippen LogP contribution in [0.3, 0.4) is 0 Å². The van der Waals surface area contributed by atoms with Gasteiger partial charge in [-0.25, -0.2) is 0 Å². The van der Waals surface area contributed by atoms with Gasteiger partial charge in [0, 0.05) is 5.56 Å². The maximum atomic E-state index is 6.73. The molecule has 0 spiro atoms. The van der Waals surface area contributed by atoms with Crippen molar-refractivity contribution in [2.24, 2.45) is 0 Å². The Balaban J connectivity index is 2.11. The smallest absolute Gasteiger partial charge is 0.277 e. The summed E-state index contributed by atoms with van der Waals surface area (Å²) in [7, 11) is 4.26. The lowest BCUT2D eigenvalue weighted by atomic mass is 10.0. The van der Waals surface area contributed by atoms with Crippen LogP contribution in [0.15, 0.2) is 30.3 Å². The summed E-state index contributed by atoms with van der Waals surface area (Å²) in [6, 6.07) is 10.0. The summed E-state index contributed by atoms with van der Waals surface area (Å²) >= 11 is 13.5. The average Bonchev–Trinajstić information content (AvgIpc) is 2.63. The molecule has 0 heterocycles. The number of nitrogens with zero attached hydrogens (tertiary/aromatic N) is 1. The monoisotopic (exact) mass is 400 g/mol. The van der Waals surface area contributed by atoms with Gasteiger partial charge in [-0.2, -0.15) is 0 Å². The highest BCUT2D eigenvalue weighted by molar-refractivity contribution is 6.46. The molecule has 0 aliphatic carbocycles. The number of hydrogen-bond acceptors (Lipinski definition) is 0. The maximum Gasteiger partial charge on any atom is 0.277 e. The van der Waals surface area contributed by atoms with Gasteiger partial charge in [0.25, 0.3) is 4.46 Å². The lowest BCUT2D eigenvalue weighted by Gasteiger charge is -2.40. The first-order valence-corrected chi connectivity index (χ1v) is 11.4. The highest BCUT2D eigenvalue weighted by Gasteiger charge is 2.43. The second kappa shape index (κ2) is 13.0. The van der Waals surface area contributed by atoms with Crippen molar-refractivity contribution in [1.29, 1.82) is 0 Å². The van der Waals surface area contributed by atoms with Crippen molar-refractivity contribution < 1.29 is 4.48 Å². The molecule has 0 N–H and O–H groups in total. The van der Waals surface area contributed by atoms with Gasteiger partial charge in [0.2, 0.25) is 0 Å². The average molecular weight is 401 g/mol. The topological polar surface area (TPSA) is 0 Å². The first-order valence-electron chi connectivity index (χ1n) is 10.7. The highest BCUT2D eigenvalue weighted by atomic mass is 35.5. The molecule has 0 aromatic heterocycles. The number of unbranched alkanes of at least 4 members (excludes halogenated alkanes) is 11. The van der Waals surface area contributed by atoms with Crippen molar-refractivity contribution in [2.75, 3.05) is 20.6 Å². The lowest BCUT2D eigenvalue weighted by Crippen LogP contribution is -2.51. The van der Waals surface area contributed by atoms with E-state index in [0.717, 1.165) is 12.1 Å². The zero-order valence-electron chi connectivity index (χ0n) is 17.3. The molecule has 0 saturated heterocycles. The van der Waals surface area contributed by atoms with Crippen LogP contribution in [0.5, 0.6) is 0 Å². The van der Waals surface area contributed by atoms with Crippen molar-refractivity contribution in [2.45, 2.75) is 88.4 Å². The summed E-state index contributed by atoms with van der Waals surface area (Å²) in [6.07, 6.45) is 16.4. The van der Waals surface area contributed by atoms with Gasteiger partial charge in [0.05, 0.1) is 20.6 Å². The lowest BCUT2D eigenvalue weighted by molar-refractivity contribution is -0.920. The van der Waals surface area contributed by atoms with Gasteiger partial charge in [0.15, 0.2) is 0 Å².